The van der Waals surface area contributed by atoms with Crippen LogP contribution in [0.2, 0.25) is 0 Å². The quantitative estimate of drug-likeness (QED) is 0.379. The van der Waals surface area contributed by atoms with Gasteiger partial charge < -0.3 is 0 Å². The van der Waals surface area contributed by atoms with Gasteiger partial charge in [0.15, 0.2) is 0 Å². The van der Waals surface area contributed by atoms with Crippen LogP contribution in [0.3, 0.4) is 0 Å². The summed E-state index contributed by atoms with van der Waals surface area (Å²) < 4.78 is 90.3. The Bertz CT molecular complexity index is 338. The third-order valence-electron chi connectivity index (χ3n) is 1.29. The van der Waals surface area contributed by atoms with Crippen molar-refractivity contribution in [3.8, 4) is 0 Å². The van der Waals surface area contributed by atoms with E-state index in [4.69, 9.17) is 0 Å². The molecule has 1 aliphatic rings. The van der Waals surface area contributed by atoms with E-state index >= 15 is 0 Å². The van der Waals surface area contributed by atoms with Gasteiger partial charge in [0.05, 0.1) is 0 Å². The fourth-order valence-electron chi connectivity index (χ4n) is 0.699. The van der Waals surface area contributed by atoms with Gasteiger partial charge in [0.1, 0.15) is 0 Å². The van der Waals surface area contributed by atoms with E-state index in [0.29, 0.717) is 0 Å². The average Bonchev–Trinajstić information content (AvgIpc) is 2.12. The first kappa shape index (κ1) is 14.5. The van der Waals surface area contributed by atoms with Gasteiger partial charge in [0.25, 0.3) is 0 Å². The van der Waals surface area contributed by atoms with E-state index in [-0.39, 0.29) is 0 Å². The summed E-state index contributed by atoms with van der Waals surface area (Å²) >= 11 is 0. The van der Waals surface area contributed by atoms with Crippen LogP contribution < -0.4 is 0 Å². The Morgan fingerprint density at radius 1 is 1.31 bits per heavy atom. The van der Waals surface area contributed by atoms with Crippen molar-refractivity contribution in [1.82, 2.24) is 9.33 Å². The molecule has 0 fully saturated rings. The van der Waals surface area contributed by atoms with Gasteiger partial charge in [-0.2, -0.15) is 0 Å². The zero-order chi connectivity index (χ0) is 12.8. The molecular formula is C2H5F7N3OP3. The standard InChI is InChI=1S/C2H5F7N3OP3/c1-2-13-14-10-15(5,6)12(4)16(7,8,9)11(14)3/h2H2,1H3. The number of halogens is 7. The summed E-state index contributed by atoms with van der Waals surface area (Å²) in [5, 5.41) is 0. The molecule has 98 valence electrons. The van der Waals surface area contributed by atoms with Crippen molar-refractivity contribution < 1.29 is 34.5 Å². The van der Waals surface area contributed by atoms with Gasteiger partial charge in [-0.25, -0.2) is 0 Å². The Morgan fingerprint density at radius 2 is 1.81 bits per heavy atom. The molecule has 0 aliphatic carbocycles. The summed E-state index contributed by atoms with van der Waals surface area (Å²) in [4.78, 5) is 0. The molecule has 0 aromatic heterocycles. The van der Waals surface area contributed by atoms with Gasteiger partial charge in [-0.15, -0.1) is 0 Å². The van der Waals surface area contributed by atoms with Crippen molar-refractivity contribution in [3.63, 3.8) is 0 Å². The molecule has 0 radical (unpaired) electrons. The van der Waals surface area contributed by atoms with Crippen LogP contribution in [0.25, 0.3) is 0 Å². The Labute approximate surface area is 86.9 Å². The van der Waals surface area contributed by atoms with Crippen molar-refractivity contribution in [3.05, 3.63) is 0 Å². The molecular weight excluding hydrogens is 308 g/mol. The molecule has 1 atom stereocenters. The zero-order valence-corrected chi connectivity index (χ0v) is 10.1. The molecule has 1 unspecified atom stereocenters. The van der Waals surface area contributed by atoms with E-state index in [1.54, 1.807) is 0 Å². The van der Waals surface area contributed by atoms with Crippen LogP contribution >= 0.6 is 24.1 Å². The van der Waals surface area contributed by atoms with Gasteiger partial charge >= 0.3 is 86.0 Å². The normalized spacial score (nSPS) is 36.0. The van der Waals surface area contributed by atoms with Crippen molar-refractivity contribution in [2.45, 2.75) is 6.92 Å². The van der Waals surface area contributed by atoms with E-state index < -0.39 is 40.0 Å². The molecule has 0 aromatic rings. The molecule has 14 heteroatoms. The van der Waals surface area contributed by atoms with Crippen LogP contribution in [-0.4, -0.2) is 15.9 Å². The number of rotatable bonds is 2. The monoisotopic (exact) mass is 313 g/mol. The average molecular weight is 313 g/mol. The summed E-state index contributed by atoms with van der Waals surface area (Å²) in [6.45, 7) is 0.724. The third-order valence-corrected chi connectivity index (χ3v) is 7.78. The summed E-state index contributed by atoms with van der Waals surface area (Å²) in [5.74, 6) is 0. The molecule has 0 spiro atoms. The fraction of sp³-hybridized carbons (Fsp3) is 1.00. The molecule has 0 N–H and O–H groups in total. The van der Waals surface area contributed by atoms with Gasteiger partial charge in [0.2, 0.25) is 0 Å². The van der Waals surface area contributed by atoms with Crippen molar-refractivity contribution in [2.24, 2.45) is 4.52 Å². The van der Waals surface area contributed by atoms with E-state index in [1.807, 2.05) is 0 Å². The van der Waals surface area contributed by atoms with E-state index in [1.165, 1.54) is 6.92 Å². The van der Waals surface area contributed by atoms with Crippen LogP contribution in [0.15, 0.2) is 4.52 Å². The second-order valence-corrected chi connectivity index (χ2v) is 8.33. The number of hydrogen-bond donors (Lipinski definition) is 0. The van der Waals surface area contributed by atoms with Crippen molar-refractivity contribution >= 4 is 24.1 Å². The Hall–Kier alpha value is 0.480. The molecule has 0 amide bonds. The summed E-state index contributed by atoms with van der Waals surface area (Å²) in [6.07, 6.45) is 0. The summed E-state index contributed by atoms with van der Waals surface area (Å²) in [6, 6.07) is 0. The molecule has 16 heavy (non-hydrogen) atoms. The summed E-state index contributed by atoms with van der Waals surface area (Å²) in [5.41, 5.74) is 0. The fourth-order valence-corrected chi connectivity index (χ4v) is 6.36. The van der Waals surface area contributed by atoms with Gasteiger partial charge in [-0.05, 0) is 0 Å². The molecule has 1 rings (SSSR count). The first-order valence-electron chi connectivity index (χ1n) is 3.56. The molecule has 1 heterocycles. The van der Waals surface area contributed by atoms with Crippen LogP contribution in [0, 0.1) is 0 Å². The topological polar surface area (TPSA) is 28.1 Å². The summed E-state index contributed by atoms with van der Waals surface area (Å²) in [7, 11) is -18.5. The Balaban J connectivity index is 3.27. The predicted octanol–water partition coefficient (Wildman–Crippen LogP) is 5.56. The Kier molecular flexibility index (Phi) is 3.64. The molecule has 4 nitrogen and oxygen atoms in total. The van der Waals surface area contributed by atoms with Crippen LogP contribution in [0.1, 0.15) is 6.92 Å². The van der Waals surface area contributed by atoms with E-state index in [0.717, 1.165) is 0 Å². The van der Waals surface area contributed by atoms with E-state index in [9.17, 15) is 29.9 Å². The number of hydrogen-bond acceptors (Lipinski definition) is 4. The minimum absolute atomic E-state index is 0.450. The second-order valence-electron chi connectivity index (χ2n) is 2.43. The second kappa shape index (κ2) is 4.00. The van der Waals surface area contributed by atoms with Crippen LogP contribution in [0.5, 0.6) is 0 Å². The van der Waals surface area contributed by atoms with Gasteiger partial charge in [0, 0.05) is 0 Å². The maximum atomic E-state index is 12.8. The first-order valence-corrected chi connectivity index (χ1v) is 8.02. The van der Waals surface area contributed by atoms with Gasteiger partial charge in [-0.1, -0.05) is 0 Å². The van der Waals surface area contributed by atoms with Crippen LogP contribution in [0.4, 0.5) is 29.9 Å². The third kappa shape index (κ3) is 2.21. The Morgan fingerprint density at radius 3 is 2.25 bits per heavy atom. The van der Waals surface area contributed by atoms with Gasteiger partial charge in [-0.3, -0.25) is 0 Å². The van der Waals surface area contributed by atoms with Crippen molar-refractivity contribution in [1.29, 1.82) is 0 Å². The molecule has 0 bridgehead atoms. The molecule has 0 aromatic carbocycles. The molecule has 0 saturated heterocycles. The zero-order valence-electron chi connectivity index (χ0n) is 7.44. The maximum absolute atomic E-state index is 12.8. The predicted molar refractivity (Wildman–Crippen MR) is 46.2 cm³/mol. The molecule has 0 saturated carbocycles. The number of nitrogens with zero attached hydrogens (tertiary/aromatic N) is 3. The van der Waals surface area contributed by atoms with E-state index in [2.05, 4.69) is 9.04 Å². The van der Waals surface area contributed by atoms with Crippen LogP contribution in [-0.2, 0) is 4.52 Å². The molecule has 1 aliphatic heterocycles. The minimum atomic E-state index is -8.57. The SMILES string of the molecule is CCOP1N=P(F)(F)N(F)P(F)(F)(F)N1F. The first-order chi connectivity index (χ1) is 7.01. The van der Waals surface area contributed by atoms with Crippen molar-refractivity contribution in [2.75, 3.05) is 6.61 Å².